The zero-order valence-corrected chi connectivity index (χ0v) is 9.62. The van der Waals surface area contributed by atoms with E-state index in [0.717, 1.165) is 11.6 Å². The lowest BCUT2D eigenvalue weighted by atomic mass is 9.89. The Morgan fingerprint density at radius 2 is 2.20 bits per heavy atom. The quantitative estimate of drug-likeness (QED) is 0.852. The van der Waals surface area contributed by atoms with Gasteiger partial charge in [0.1, 0.15) is 5.03 Å². The molecule has 0 aliphatic heterocycles. The largest absolute Gasteiger partial charge is 0.330 e. The van der Waals surface area contributed by atoms with Crippen molar-refractivity contribution >= 4 is 11.8 Å². The number of hydrogen-bond donors (Lipinski definition) is 1. The summed E-state index contributed by atoms with van der Waals surface area (Å²) in [5.41, 5.74) is 5.80. The number of aromatic nitrogens is 2. The second-order valence-electron chi connectivity index (χ2n) is 3.98. The summed E-state index contributed by atoms with van der Waals surface area (Å²) >= 11 is 1.84. The predicted molar refractivity (Wildman–Crippen MR) is 62.7 cm³/mol. The molecular weight excluding hydrogens is 206 g/mol. The van der Waals surface area contributed by atoms with E-state index in [1.165, 1.54) is 25.7 Å². The van der Waals surface area contributed by atoms with Gasteiger partial charge in [0.05, 0.1) is 6.20 Å². The van der Waals surface area contributed by atoms with Crippen molar-refractivity contribution in [3.63, 3.8) is 0 Å². The minimum Gasteiger partial charge on any atom is -0.330 e. The van der Waals surface area contributed by atoms with Crippen LogP contribution in [-0.4, -0.2) is 21.8 Å². The lowest BCUT2D eigenvalue weighted by Crippen LogP contribution is -2.28. The van der Waals surface area contributed by atoms with E-state index in [-0.39, 0.29) is 0 Å². The summed E-state index contributed by atoms with van der Waals surface area (Å²) in [6, 6.07) is 0. The Hall–Kier alpha value is -0.610. The summed E-state index contributed by atoms with van der Waals surface area (Å²) in [6.07, 6.45) is 10.5. The molecule has 1 aliphatic rings. The number of nitrogens with two attached hydrogens (primary N) is 1. The van der Waals surface area contributed by atoms with Gasteiger partial charge in [-0.25, -0.2) is 4.98 Å². The molecule has 2 rings (SSSR count). The van der Waals surface area contributed by atoms with Crippen LogP contribution in [0.15, 0.2) is 23.6 Å². The van der Waals surface area contributed by atoms with E-state index < -0.39 is 0 Å². The van der Waals surface area contributed by atoms with Crippen molar-refractivity contribution in [1.82, 2.24) is 9.97 Å². The molecule has 1 aliphatic carbocycles. The third-order valence-electron chi connectivity index (χ3n) is 2.95. The molecule has 0 bridgehead atoms. The number of nitrogens with zero attached hydrogens (tertiary/aromatic N) is 2. The lowest BCUT2D eigenvalue weighted by molar-refractivity contribution is 0.378. The molecule has 0 aromatic carbocycles. The molecule has 2 unspecified atom stereocenters. The average Bonchev–Trinajstić information content (AvgIpc) is 2.31. The summed E-state index contributed by atoms with van der Waals surface area (Å²) in [5, 5.41) is 1.67. The highest BCUT2D eigenvalue weighted by Gasteiger charge is 2.25. The summed E-state index contributed by atoms with van der Waals surface area (Å²) in [4.78, 5) is 8.39. The Labute approximate surface area is 94.9 Å². The van der Waals surface area contributed by atoms with Gasteiger partial charge in [0.2, 0.25) is 0 Å². The Bertz CT molecular complexity index is 291. The fourth-order valence-electron chi connectivity index (χ4n) is 2.10. The highest BCUT2D eigenvalue weighted by atomic mass is 32.2. The zero-order chi connectivity index (χ0) is 10.5. The minimum absolute atomic E-state index is 0.639. The number of thioether (sulfide) groups is 1. The van der Waals surface area contributed by atoms with Crippen molar-refractivity contribution in [2.24, 2.45) is 11.7 Å². The van der Waals surface area contributed by atoms with Crippen LogP contribution in [0.1, 0.15) is 25.7 Å². The van der Waals surface area contributed by atoms with Gasteiger partial charge >= 0.3 is 0 Å². The van der Waals surface area contributed by atoms with Crippen LogP contribution in [0.4, 0.5) is 0 Å². The van der Waals surface area contributed by atoms with Crippen molar-refractivity contribution in [3.8, 4) is 0 Å². The first-order valence-corrected chi connectivity index (χ1v) is 6.41. The fraction of sp³-hybridized carbons (Fsp3) is 0.636. The molecule has 0 saturated heterocycles. The maximum atomic E-state index is 5.80. The third-order valence-corrected chi connectivity index (χ3v) is 4.33. The molecule has 4 heteroatoms. The van der Waals surface area contributed by atoms with Crippen LogP contribution in [0.5, 0.6) is 0 Å². The highest BCUT2D eigenvalue weighted by molar-refractivity contribution is 7.99. The lowest BCUT2D eigenvalue weighted by Gasteiger charge is -2.29. The van der Waals surface area contributed by atoms with Gasteiger partial charge in [-0.1, -0.05) is 12.8 Å². The predicted octanol–water partition coefficient (Wildman–Crippen LogP) is 2.09. The Kier molecular flexibility index (Phi) is 3.97. The van der Waals surface area contributed by atoms with Gasteiger partial charge in [-0.05, 0) is 25.3 Å². The standard InChI is InChI=1S/C11H17N3S/c12-7-9-3-1-2-4-10(9)15-11-8-13-5-6-14-11/h5-6,8-10H,1-4,7,12H2. The van der Waals surface area contributed by atoms with E-state index in [9.17, 15) is 0 Å². The van der Waals surface area contributed by atoms with Crippen molar-refractivity contribution in [2.75, 3.05) is 6.54 Å². The molecule has 0 amide bonds. The molecule has 15 heavy (non-hydrogen) atoms. The molecule has 2 N–H and O–H groups in total. The Morgan fingerprint density at radius 1 is 1.33 bits per heavy atom. The monoisotopic (exact) mass is 223 g/mol. The average molecular weight is 223 g/mol. The first kappa shape index (κ1) is 10.9. The van der Waals surface area contributed by atoms with Gasteiger partial charge in [-0.3, -0.25) is 4.98 Å². The molecule has 1 heterocycles. The SMILES string of the molecule is NCC1CCCCC1Sc1cnccn1. The summed E-state index contributed by atoms with van der Waals surface area (Å²) < 4.78 is 0. The molecular formula is C11H17N3S. The van der Waals surface area contributed by atoms with Gasteiger partial charge in [0.25, 0.3) is 0 Å². The van der Waals surface area contributed by atoms with Crippen molar-refractivity contribution in [3.05, 3.63) is 18.6 Å². The minimum atomic E-state index is 0.639. The molecule has 0 spiro atoms. The summed E-state index contributed by atoms with van der Waals surface area (Å²) in [6.45, 7) is 0.804. The fourth-order valence-corrected chi connectivity index (χ4v) is 3.38. The van der Waals surface area contributed by atoms with Crippen molar-refractivity contribution < 1.29 is 0 Å². The summed E-state index contributed by atoms with van der Waals surface area (Å²) in [7, 11) is 0. The first-order valence-electron chi connectivity index (χ1n) is 5.53. The van der Waals surface area contributed by atoms with Gasteiger partial charge in [-0.2, -0.15) is 0 Å². The van der Waals surface area contributed by atoms with Crippen LogP contribution < -0.4 is 5.73 Å². The zero-order valence-electron chi connectivity index (χ0n) is 8.80. The first-order chi connectivity index (χ1) is 7.40. The Morgan fingerprint density at radius 3 is 2.93 bits per heavy atom. The van der Waals surface area contributed by atoms with Crippen LogP contribution >= 0.6 is 11.8 Å². The van der Waals surface area contributed by atoms with Gasteiger partial charge in [0, 0.05) is 17.6 Å². The maximum absolute atomic E-state index is 5.80. The molecule has 1 fully saturated rings. The van der Waals surface area contributed by atoms with E-state index in [2.05, 4.69) is 9.97 Å². The molecule has 1 aromatic heterocycles. The van der Waals surface area contributed by atoms with E-state index in [4.69, 9.17) is 5.73 Å². The molecule has 1 aromatic rings. The van der Waals surface area contributed by atoms with Crippen LogP contribution in [-0.2, 0) is 0 Å². The van der Waals surface area contributed by atoms with E-state index >= 15 is 0 Å². The van der Waals surface area contributed by atoms with Gasteiger partial charge in [-0.15, -0.1) is 11.8 Å². The van der Waals surface area contributed by atoms with Crippen LogP contribution in [0.2, 0.25) is 0 Å². The normalized spacial score (nSPS) is 26.5. The third kappa shape index (κ3) is 2.92. The maximum Gasteiger partial charge on any atom is 0.115 e. The number of hydrogen-bond acceptors (Lipinski definition) is 4. The van der Waals surface area contributed by atoms with Crippen molar-refractivity contribution in [2.45, 2.75) is 36.0 Å². The second-order valence-corrected chi connectivity index (χ2v) is 5.24. The molecule has 82 valence electrons. The summed E-state index contributed by atoms with van der Waals surface area (Å²) in [5.74, 6) is 0.658. The Balaban J connectivity index is 1.97. The van der Waals surface area contributed by atoms with Crippen LogP contribution in [0, 0.1) is 5.92 Å². The second kappa shape index (κ2) is 5.47. The molecule has 0 radical (unpaired) electrons. The van der Waals surface area contributed by atoms with E-state index in [0.29, 0.717) is 11.2 Å². The molecule has 2 atom stereocenters. The topological polar surface area (TPSA) is 51.8 Å². The smallest absolute Gasteiger partial charge is 0.115 e. The van der Waals surface area contributed by atoms with Crippen LogP contribution in [0.25, 0.3) is 0 Å². The molecule has 1 saturated carbocycles. The van der Waals surface area contributed by atoms with E-state index in [1.54, 1.807) is 12.4 Å². The van der Waals surface area contributed by atoms with Gasteiger partial charge < -0.3 is 5.73 Å². The van der Waals surface area contributed by atoms with Crippen LogP contribution in [0.3, 0.4) is 0 Å². The van der Waals surface area contributed by atoms with E-state index in [1.807, 2.05) is 18.0 Å². The molecule has 3 nitrogen and oxygen atoms in total. The number of rotatable bonds is 3. The van der Waals surface area contributed by atoms with Gasteiger partial charge in [0.15, 0.2) is 0 Å². The van der Waals surface area contributed by atoms with Crippen molar-refractivity contribution in [1.29, 1.82) is 0 Å². The highest BCUT2D eigenvalue weighted by Crippen LogP contribution is 2.35.